The first-order valence-corrected chi connectivity index (χ1v) is 7.83. The second-order valence-corrected chi connectivity index (χ2v) is 6.69. The third kappa shape index (κ3) is 3.43. The van der Waals surface area contributed by atoms with Crippen LogP contribution in [-0.2, 0) is 0 Å². The van der Waals surface area contributed by atoms with Gasteiger partial charge >= 0.3 is 0 Å². The number of aromatic hydroxyl groups is 1. The van der Waals surface area contributed by atoms with E-state index in [4.69, 9.17) is 14.1 Å². The van der Waals surface area contributed by atoms with Crippen LogP contribution in [0.1, 0.15) is 20.8 Å². The number of methoxy groups -OCH3 is 1. The zero-order valence-corrected chi connectivity index (χ0v) is 14.3. The number of hydrogen-bond acceptors (Lipinski definition) is 4. The maximum Gasteiger partial charge on any atom is 0.137 e. The average molecular weight is 323 g/mol. The first-order chi connectivity index (χ1) is 11.4. The molecule has 0 saturated carbocycles. The van der Waals surface area contributed by atoms with Gasteiger partial charge in [-0.15, -0.1) is 0 Å². The van der Waals surface area contributed by atoms with Crippen molar-refractivity contribution in [3.8, 4) is 22.8 Å². The van der Waals surface area contributed by atoms with Crippen molar-refractivity contribution in [3.05, 3.63) is 53.9 Å². The van der Waals surface area contributed by atoms with Gasteiger partial charge in [-0.1, -0.05) is 0 Å². The highest BCUT2D eigenvalue weighted by molar-refractivity contribution is 5.80. The molecule has 0 fully saturated rings. The second-order valence-electron chi connectivity index (χ2n) is 6.69. The summed E-state index contributed by atoms with van der Waals surface area (Å²) in [5.41, 5.74) is 1.39. The molecule has 4 heteroatoms. The van der Waals surface area contributed by atoms with E-state index in [9.17, 15) is 5.11 Å². The summed E-state index contributed by atoms with van der Waals surface area (Å²) in [6, 6.07) is 14.7. The Morgan fingerprint density at radius 1 is 1.00 bits per heavy atom. The summed E-state index contributed by atoms with van der Waals surface area (Å²) < 4.78 is 11.2. The molecule has 3 aromatic rings. The molecule has 0 atom stereocenters. The summed E-state index contributed by atoms with van der Waals surface area (Å²) in [6.45, 7) is 6.12. The van der Waals surface area contributed by atoms with Crippen LogP contribution in [0.15, 0.2) is 57.9 Å². The van der Waals surface area contributed by atoms with Gasteiger partial charge in [0.25, 0.3) is 0 Å². The third-order valence-electron chi connectivity index (χ3n) is 3.56. The molecule has 0 aliphatic heterocycles. The molecule has 3 rings (SSSR count). The van der Waals surface area contributed by atoms with Crippen LogP contribution in [0.5, 0.6) is 11.5 Å². The molecule has 0 aliphatic rings. The highest BCUT2D eigenvalue weighted by atomic mass is 16.5. The van der Waals surface area contributed by atoms with E-state index < -0.39 is 0 Å². The standard InChI is InChI=1S/C20H21NO3/c1-20(2,3)21-17-12-19(13-5-8-15(23-4)9-6-13)24-18-10-7-14(22)11-16(17)18/h5-12,22H,1-4H3. The molecule has 124 valence electrons. The Labute approximate surface area is 141 Å². The fourth-order valence-corrected chi connectivity index (χ4v) is 2.51. The number of benzene rings is 2. The maximum atomic E-state index is 9.80. The van der Waals surface area contributed by atoms with Crippen LogP contribution in [0.25, 0.3) is 22.3 Å². The van der Waals surface area contributed by atoms with Crippen molar-refractivity contribution in [1.82, 2.24) is 0 Å². The predicted molar refractivity (Wildman–Crippen MR) is 95.2 cm³/mol. The van der Waals surface area contributed by atoms with Gasteiger partial charge in [-0.25, -0.2) is 0 Å². The van der Waals surface area contributed by atoms with E-state index in [1.807, 2.05) is 51.1 Å². The number of rotatable bonds is 2. The normalized spacial score (nSPS) is 12.6. The Hall–Kier alpha value is -2.75. The van der Waals surface area contributed by atoms with E-state index in [1.54, 1.807) is 25.3 Å². The van der Waals surface area contributed by atoms with Gasteiger partial charge in [-0.2, -0.15) is 0 Å². The Bertz CT molecular complexity index is 932. The summed E-state index contributed by atoms with van der Waals surface area (Å²) in [5, 5.41) is 11.4. The molecule has 0 radical (unpaired) electrons. The Morgan fingerprint density at radius 3 is 2.33 bits per heavy atom. The highest BCUT2D eigenvalue weighted by Crippen LogP contribution is 2.26. The number of nitrogens with zero attached hydrogens (tertiary/aromatic N) is 1. The lowest BCUT2D eigenvalue weighted by Crippen LogP contribution is -2.17. The molecular weight excluding hydrogens is 302 g/mol. The molecule has 0 saturated heterocycles. The number of ether oxygens (including phenoxy) is 1. The van der Waals surface area contributed by atoms with Crippen LogP contribution in [-0.4, -0.2) is 17.8 Å². The van der Waals surface area contributed by atoms with E-state index >= 15 is 0 Å². The molecule has 0 bridgehead atoms. The Kier molecular flexibility index (Phi) is 4.06. The molecule has 4 nitrogen and oxygen atoms in total. The minimum Gasteiger partial charge on any atom is -0.508 e. The van der Waals surface area contributed by atoms with Crippen molar-refractivity contribution >= 4 is 11.0 Å². The molecule has 24 heavy (non-hydrogen) atoms. The van der Waals surface area contributed by atoms with Gasteiger partial charge < -0.3 is 14.3 Å². The molecular formula is C20H21NO3. The van der Waals surface area contributed by atoms with Gasteiger partial charge in [0.05, 0.1) is 18.0 Å². The van der Waals surface area contributed by atoms with Gasteiger partial charge in [-0.3, -0.25) is 4.99 Å². The minimum absolute atomic E-state index is 0.195. The summed E-state index contributed by atoms with van der Waals surface area (Å²) >= 11 is 0. The smallest absolute Gasteiger partial charge is 0.137 e. The lowest BCUT2D eigenvalue weighted by molar-refractivity contribution is 0.415. The predicted octanol–water partition coefficient (Wildman–Crippen LogP) is 4.51. The van der Waals surface area contributed by atoms with E-state index in [0.717, 1.165) is 27.8 Å². The topological polar surface area (TPSA) is 55.0 Å². The fraction of sp³-hybridized carbons (Fsp3) is 0.250. The molecule has 0 unspecified atom stereocenters. The maximum absolute atomic E-state index is 9.80. The van der Waals surface area contributed by atoms with E-state index in [0.29, 0.717) is 5.58 Å². The minimum atomic E-state index is -0.239. The van der Waals surface area contributed by atoms with Crippen LogP contribution >= 0.6 is 0 Å². The van der Waals surface area contributed by atoms with Crippen LogP contribution < -0.4 is 10.1 Å². The summed E-state index contributed by atoms with van der Waals surface area (Å²) in [7, 11) is 1.64. The molecule has 0 amide bonds. The number of phenols is 1. The van der Waals surface area contributed by atoms with Crippen molar-refractivity contribution in [1.29, 1.82) is 0 Å². The van der Waals surface area contributed by atoms with Crippen LogP contribution in [0.4, 0.5) is 0 Å². The molecule has 1 N–H and O–H groups in total. The van der Waals surface area contributed by atoms with Crippen molar-refractivity contribution in [2.45, 2.75) is 26.3 Å². The van der Waals surface area contributed by atoms with E-state index in [2.05, 4.69) is 0 Å². The van der Waals surface area contributed by atoms with Crippen LogP contribution in [0.2, 0.25) is 0 Å². The van der Waals surface area contributed by atoms with Crippen LogP contribution in [0, 0.1) is 0 Å². The second kappa shape index (κ2) is 6.04. The van der Waals surface area contributed by atoms with Gasteiger partial charge in [0.1, 0.15) is 22.8 Å². The quantitative estimate of drug-likeness (QED) is 0.754. The van der Waals surface area contributed by atoms with Crippen molar-refractivity contribution in [2.75, 3.05) is 7.11 Å². The van der Waals surface area contributed by atoms with Gasteiger partial charge in [0, 0.05) is 17.0 Å². The lowest BCUT2D eigenvalue weighted by atomic mass is 10.1. The number of fused-ring (bicyclic) bond motifs is 1. The molecule has 1 aromatic heterocycles. The number of phenolic OH excluding ortho intramolecular Hbond substituents is 1. The summed E-state index contributed by atoms with van der Waals surface area (Å²) in [4.78, 5) is 4.78. The summed E-state index contributed by atoms with van der Waals surface area (Å²) in [6.07, 6.45) is 0. The molecule has 0 aliphatic carbocycles. The van der Waals surface area contributed by atoms with E-state index in [-0.39, 0.29) is 11.3 Å². The monoisotopic (exact) mass is 323 g/mol. The Balaban J connectivity index is 2.26. The van der Waals surface area contributed by atoms with Gasteiger partial charge in [-0.05, 0) is 63.2 Å². The largest absolute Gasteiger partial charge is 0.508 e. The zero-order valence-electron chi connectivity index (χ0n) is 14.3. The van der Waals surface area contributed by atoms with Crippen molar-refractivity contribution in [2.24, 2.45) is 4.99 Å². The summed E-state index contributed by atoms with van der Waals surface area (Å²) in [5.74, 6) is 1.71. The van der Waals surface area contributed by atoms with Gasteiger partial charge in [0.15, 0.2) is 0 Å². The molecule has 2 aromatic carbocycles. The Morgan fingerprint density at radius 2 is 1.71 bits per heavy atom. The van der Waals surface area contributed by atoms with Crippen LogP contribution in [0.3, 0.4) is 0 Å². The zero-order chi connectivity index (χ0) is 17.3. The van der Waals surface area contributed by atoms with Crippen molar-refractivity contribution in [3.63, 3.8) is 0 Å². The molecule has 1 heterocycles. The van der Waals surface area contributed by atoms with Crippen molar-refractivity contribution < 1.29 is 14.3 Å². The third-order valence-corrected chi connectivity index (χ3v) is 3.56. The number of hydrogen-bond donors (Lipinski definition) is 1. The lowest BCUT2D eigenvalue weighted by Gasteiger charge is -2.13. The van der Waals surface area contributed by atoms with Gasteiger partial charge in [0.2, 0.25) is 0 Å². The molecule has 0 spiro atoms. The fourth-order valence-electron chi connectivity index (χ4n) is 2.51. The van der Waals surface area contributed by atoms with E-state index in [1.165, 1.54) is 0 Å². The highest BCUT2D eigenvalue weighted by Gasteiger charge is 2.11. The first-order valence-electron chi connectivity index (χ1n) is 7.83. The average Bonchev–Trinajstić information content (AvgIpc) is 2.54. The SMILES string of the molecule is COc1ccc(-c2cc(=NC(C)(C)C)c3cc(O)ccc3o2)cc1. The first kappa shape index (κ1) is 16.1.